The molecule has 8 heavy (non-hydrogen) atoms. The van der Waals surface area contributed by atoms with Crippen LogP contribution in [0.1, 0.15) is 0 Å². The van der Waals surface area contributed by atoms with E-state index in [1.165, 1.54) is 6.08 Å². The van der Waals surface area contributed by atoms with Crippen LogP contribution in [-0.4, -0.2) is 19.0 Å². The molecule has 44 valence electrons. The molecule has 0 aromatic rings. The van der Waals surface area contributed by atoms with E-state index in [4.69, 9.17) is 5.41 Å². The summed E-state index contributed by atoms with van der Waals surface area (Å²) in [5.74, 6) is 0. The zero-order valence-electron chi connectivity index (χ0n) is 4.72. The quantitative estimate of drug-likeness (QED) is 0.354. The Balaban J connectivity index is 3.52. The lowest BCUT2D eigenvalue weighted by atomic mass is 10.4. The van der Waals surface area contributed by atoms with Crippen molar-refractivity contribution in [1.82, 2.24) is 0 Å². The van der Waals surface area contributed by atoms with Crippen LogP contribution in [0, 0.1) is 5.41 Å². The number of nitrogens with two attached hydrogens (primary N) is 1. The van der Waals surface area contributed by atoms with Gasteiger partial charge in [-0.3, -0.25) is 10.2 Å². The van der Waals surface area contributed by atoms with Crippen LogP contribution in [0.4, 0.5) is 0 Å². The first-order chi connectivity index (χ1) is 3.81. The molecule has 0 fully saturated rings. The second kappa shape index (κ2) is 4.21. The number of carbonyl (C=O) groups is 1. The second-order valence-corrected chi connectivity index (χ2v) is 1.27. The average Bonchev–Trinajstić information content (AvgIpc) is 1.83. The Morgan fingerprint density at radius 1 is 1.75 bits per heavy atom. The van der Waals surface area contributed by atoms with Gasteiger partial charge in [-0.25, -0.2) is 0 Å². The summed E-state index contributed by atoms with van der Waals surface area (Å²) in [5.41, 5.74) is 0.00287. The Kier molecular flexibility index (Phi) is 3.70. The van der Waals surface area contributed by atoms with E-state index in [9.17, 15) is 4.79 Å². The molecule has 0 aliphatic heterocycles. The van der Waals surface area contributed by atoms with Crippen LogP contribution in [0.25, 0.3) is 0 Å². The molecule has 0 heterocycles. The van der Waals surface area contributed by atoms with E-state index < -0.39 is 0 Å². The first kappa shape index (κ1) is 7.04. The summed E-state index contributed by atoms with van der Waals surface area (Å²) < 4.78 is 0. The number of aldehydes is 1. The number of quaternary nitrogens is 1. The van der Waals surface area contributed by atoms with Gasteiger partial charge in [0.1, 0.15) is 0 Å². The van der Waals surface area contributed by atoms with E-state index in [1.807, 2.05) is 7.05 Å². The lowest BCUT2D eigenvalue weighted by molar-refractivity contribution is -0.556. The number of carbonyl (C=O) groups excluding carboxylic acids is 1. The normalized spacial score (nSPS) is 9.62. The van der Waals surface area contributed by atoms with Gasteiger partial charge in [-0.15, -0.1) is 0 Å². The second-order valence-electron chi connectivity index (χ2n) is 1.27. The Hall–Kier alpha value is -0.960. The van der Waals surface area contributed by atoms with Crippen LogP contribution in [0.3, 0.4) is 0 Å². The first-order valence-corrected chi connectivity index (χ1v) is 2.31. The molecule has 3 nitrogen and oxygen atoms in total. The number of hydrogen-bond acceptors (Lipinski definition) is 2. The van der Waals surface area contributed by atoms with Gasteiger partial charge in [-0.05, 0) is 0 Å². The molecule has 0 spiro atoms. The van der Waals surface area contributed by atoms with Crippen LogP contribution in [0.2, 0.25) is 0 Å². The lowest BCUT2D eigenvalue weighted by Gasteiger charge is -1.76. The van der Waals surface area contributed by atoms with Crippen LogP contribution >= 0.6 is 0 Å². The van der Waals surface area contributed by atoms with Gasteiger partial charge in [0.15, 0.2) is 6.29 Å². The Bertz CT molecular complexity index is 118. The van der Waals surface area contributed by atoms with Crippen molar-refractivity contribution in [2.45, 2.75) is 0 Å². The lowest BCUT2D eigenvalue weighted by Crippen LogP contribution is -2.72. The van der Waals surface area contributed by atoms with Gasteiger partial charge in [0, 0.05) is 6.08 Å². The van der Waals surface area contributed by atoms with E-state index in [2.05, 4.69) is 0 Å². The molecular weight excluding hydrogens is 104 g/mol. The van der Waals surface area contributed by atoms with Crippen LogP contribution in [0.15, 0.2) is 12.3 Å². The molecular formula is C5H9N2O+. The van der Waals surface area contributed by atoms with E-state index >= 15 is 0 Å². The zero-order chi connectivity index (χ0) is 6.41. The Morgan fingerprint density at radius 3 is 2.75 bits per heavy atom. The molecule has 3 N–H and O–H groups in total. The maximum atomic E-state index is 9.72. The topological polar surface area (TPSA) is 57.5 Å². The third kappa shape index (κ3) is 3.24. The van der Waals surface area contributed by atoms with E-state index in [1.54, 1.807) is 11.5 Å². The van der Waals surface area contributed by atoms with Crippen molar-refractivity contribution in [3.05, 3.63) is 12.3 Å². The minimum atomic E-state index is 0.00287. The van der Waals surface area contributed by atoms with Crippen molar-refractivity contribution in [3.8, 4) is 0 Å². The predicted molar refractivity (Wildman–Crippen MR) is 30.8 cm³/mol. The standard InChI is InChI=1S/C5H8N2O/c1-7-3-2-5(6)4-8/h2-4,6-7H,1H3/p+1. The molecule has 0 saturated heterocycles. The van der Waals surface area contributed by atoms with Crippen molar-refractivity contribution in [2.24, 2.45) is 0 Å². The van der Waals surface area contributed by atoms with E-state index in [0.717, 1.165) is 0 Å². The predicted octanol–water partition coefficient (Wildman–Crippen LogP) is -1.09. The highest BCUT2D eigenvalue weighted by molar-refractivity contribution is 6.32. The summed E-state index contributed by atoms with van der Waals surface area (Å²) in [7, 11) is 1.83. The van der Waals surface area contributed by atoms with Gasteiger partial charge in [-0.1, -0.05) is 0 Å². The Morgan fingerprint density at radius 2 is 2.38 bits per heavy atom. The smallest absolute Gasteiger partial charge is 0.167 e. The van der Waals surface area contributed by atoms with Gasteiger partial charge in [0.2, 0.25) is 0 Å². The monoisotopic (exact) mass is 113 g/mol. The van der Waals surface area contributed by atoms with Crippen LogP contribution in [-0.2, 0) is 4.79 Å². The average molecular weight is 113 g/mol. The molecule has 0 aliphatic carbocycles. The fourth-order valence-corrected chi connectivity index (χ4v) is 0.239. The molecule has 0 aromatic heterocycles. The molecule has 0 radical (unpaired) electrons. The molecule has 3 heteroatoms. The molecule has 0 rings (SSSR count). The summed E-state index contributed by atoms with van der Waals surface area (Å²) in [4.78, 5) is 9.72. The largest absolute Gasteiger partial charge is 0.322 e. The molecule has 0 bridgehead atoms. The van der Waals surface area contributed by atoms with Gasteiger partial charge >= 0.3 is 0 Å². The maximum Gasteiger partial charge on any atom is 0.167 e. The van der Waals surface area contributed by atoms with E-state index in [-0.39, 0.29) is 5.71 Å². The van der Waals surface area contributed by atoms with E-state index in [0.29, 0.717) is 6.29 Å². The zero-order valence-corrected chi connectivity index (χ0v) is 4.72. The third-order valence-electron chi connectivity index (χ3n) is 0.595. The molecule has 0 aromatic carbocycles. The first-order valence-electron chi connectivity index (χ1n) is 2.31. The number of allylic oxidation sites excluding steroid dienone is 1. The van der Waals surface area contributed by atoms with Gasteiger partial charge in [-0.2, -0.15) is 0 Å². The molecule has 0 atom stereocenters. The maximum absolute atomic E-state index is 9.72. The minimum absolute atomic E-state index is 0.00287. The van der Waals surface area contributed by atoms with Gasteiger partial charge < -0.3 is 5.32 Å². The fourth-order valence-electron chi connectivity index (χ4n) is 0.239. The van der Waals surface area contributed by atoms with Crippen molar-refractivity contribution < 1.29 is 10.1 Å². The van der Waals surface area contributed by atoms with Crippen molar-refractivity contribution in [1.29, 1.82) is 5.41 Å². The molecule has 0 aliphatic rings. The molecule has 0 amide bonds. The molecule has 0 unspecified atom stereocenters. The third-order valence-corrected chi connectivity index (χ3v) is 0.595. The number of hydrogen-bond donors (Lipinski definition) is 2. The van der Waals surface area contributed by atoms with Crippen molar-refractivity contribution in [2.75, 3.05) is 7.05 Å². The fraction of sp³-hybridized carbons (Fsp3) is 0.200. The van der Waals surface area contributed by atoms with Crippen LogP contribution < -0.4 is 5.32 Å². The Labute approximate surface area is 47.9 Å². The summed E-state index contributed by atoms with van der Waals surface area (Å²) in [5, 5.41) is 8.53. The minimum Gasteiger partial charge on any atom is -0.322 e. The number of nitrogens with one attached hydrogen (secondary N) is 1. The van der Waals surface area contributed by atoms with Crippen molar-refractivity contribution >= 4 is 12.0 Å². The van der Waals surface area contributed by atoms with Gasteiger partial charge in [0.25, 0.3) is 0 Å². The number of rotatable bonds is 3. The highest BCUT2D eigenvalue weighted by Gasteiger charge is 1.81. The summed E-state index contributed by atoms with van der Waals surface area (Å²) >= 11 is 0. The summed E-state index contributed by atoms with van der Waals surface area (Å²) in [6.07, 6.45) is 3.59. The summed E-state index contributed by atoms with van der Waals surface area (Å²) in [6, 6.07) is 0. The van der Waals surface area contributed by atoms with Crippen molar-refractivity contribution in [3.63, 3.8) is 0 Å². The van der Waals surface area contributed by atoms with Gasteiger partial charge in [0.05, 0.1) is 19.0 Å². The SMILES string of the molecule is C[NH2+]C=CC(=N)C=O. The summed E-state index contributed by atoms with van der Waals surface area (Å²) in [6.45, 7) is 0. The van der Waals surface area contributed by atoms with Crippen LogP contribution in [0.5, 0.6) is 0 Å². The highest BCUT2D eigenvalue weighted by Crippen LogP contribution is 1.63. The highest BCUT2D eigenvalue weighted by atomic mass is 16.1. The molecule has 0 saturated carbocycles.